The van der Waals surface area contributed by atoms with Gasteiger partial charge in [-0.1, -0.05) is 26.8 Å². The summed E-state index contributed by atoms with van der Waals surface area (Å²) in [5.74, 6) is 2.22. The Morgan fingerprint density at radius 1 is 1.25 bits per heavy atom. The van der Waals surface area contributed by atoms with E-state index in [1.165, 1.54) is 0 Å². The molecule has 2 rings (SSSR count). The van der Waals surface area contributed by atoms with Gasteiger partial charge in [-0.3, -0.25) is 9.79 Å². The molecule has 0 radical (unpaired) electrons. The van der Waals surface area contributed by atoms with Gasteiger partial charge < -0.3 is 19.6 Å². The molecule has 0 aliphatic heterocycles. The maximum atomic E-state index is 11.8. The maximum absolute atomic E-state index is 11.8. The molecule has 2 N–H and O–H groups in total. The highest BCUT2D eigenvalue weighted by molar-refractivity contribution is 14.0. The van der Waals surface area contributed by atoms with Gasteiger partial charge in [0.2, 0.25) is 5.89 Å². The van der Waals surface area contributed by atoms with Crippen LogP contribution in [-0.2, 0) is 18.5 Å². The number of nitrogens with one attached hydrogen (secondary N) is 2. The first-order valence-electron chi connectivity index (χ1n) is 9.37. The number of guanidine groups is 1. The van der Waals surface area contributed by atoms with Gasteiger partial charge in [-0.25, -0.2) is 4.98 Å². The zero-order valence-electron chi connectivity index (χ0n) is 17.4. The van der Waals surface area contributed by atoms with E-state index in [0.717, 1.165) is 37.4 Å². The number of unbranched alkanes of at least 4 members (excludes halogenated alkanes) is 1. The van der Waals surface area contributed by atoms with Crippen LogP contribution in [0.2, 0.25) is 0 Å². The quantitative estimate of drug-likeness (QED) is 0.264. The monoisotopic (exact) mass is 501 g/mol. The second-order valence-corrected chi connectivity index (χ2v) is 7.58. The van der Waals surface area contributed by atoms with Gasteiger partial charge in [-0.15, -0.1) is 24.0 Å². The average Bonchev–Trinajstić information content (AvgIpc) is 3.09. The Kier molecular flexibility index (Phi) is 9.71. The van der Waals surface area contributed by atoms with E-state index in [9.17, 15) is 4.79 Å². The number of aliphatic imine (C=N–C) groups is 1. The third-order valence-electron chi connectivity index (χ3n) is 4.29. The Morgan fingerprint density at radius 3 is 2.61 bits per heavy atom. The molecule has 2 aromatic heterocycles. The van der Waals surface area contributed by atoms with Gasteiger partial charge in [0.25, 0.3) is 5.56 Å². The second-order valence-electron chi connectivity index (χ2n) is 7.58. The van der Waals surface area contributed by atoms with Crippen LogP contribution in [0.4, 0.5) is 0 Å². The molecule has 0 amide bonds. The lowest BCUT2D eigenvalue weighted by molar-refractivity contribution is 0.379. The minimum absolute atomic E-state index is 0. The molecule has 0 saturated carbocycles. The van der Waals surface area contributed by atoms with Crippen molar-refractivity contribution in [3.05, 3.63) is 52.1 Å². The molecule has 7 nitrogen and oxygen atoms in total. The molecule has 0 aromatic carbocycles. The number of aryl methyl sites for hydroxylation is 1. The summed E-state index contributed by atoms with van der Waals surface area (Å²) in [6.45, 7) is 10.2. The molecule has 0 aliphatic carbocycles. The molecule has 2 heterocycles. The summed E-state index contributed by atoms with van der Waals surface area (Å²) in [6, 6.07) is 5.35. The van der Waals surface area contributed by atoms with E-state index in [4.69, 9.17) is 4.42 Å². The molecule has 0 atom stereocenters. The van der Waals surface area contributed by atoms with Crippen molar-refractivity contribution in [2.24, 2.45) is 4.99 Å². The Hall–Kier alpha value is -1.84. The highest BCUT2D eigenvalue weighted by atomic mass is 127. The summed E-state index contributed by atoms with van der Waals surface area (Å²) in [5, 5.41) is 6.48. The lowest BCUT2D eigenvalue weighted by Crippen LogP contribution is -2.37. The SMILES string of the molecule is CN=C(NCCCCn1c(C)cccc1=O)NCc1ncc(C(C)(C)C)o1.I. The summed E-state index contributed by atoms with van der Waals surface area (Å²) in [5.41, 5.74) is 0.999. The van der Waals surface area contributed by atoms with Crippen LogP contribution in [0, 0.1) is 6.92 Å². The van der Waals surface area contributed by atoms with E-state index < -0.39 is 0 Å². The number of pyridine rings is 1. The fourth-order valence-corrected chi connectivity index (χ4v) is 2.63. The van der Waals surface area contributed by atoms with E-state index in [0.29, 0.717) is 18.4 Å². The Morgan fingerprint density at radius 2 is 2.00 bits per heavy atom. The van der Waals surface area contributed by atoms with Gasteiger partial charge >= 0.3 is 0 Å². The van der Waals surface area contributed by atoms with Crippen LogP contribution < -0.4 is 16.2 Å². The topological polar surface area (TPSA) is 84.5 Å². The van der Waals surface area contributed by atoms with Crippen LogP contribution in [0.1, 0.15) is 51.0 Å². The van der Waals surface area contributed by atoms with E-state index in [-0.39, 0.29) is 35.0 Å². The summed E-state index contributed by atoms with van der Waals surface area (Å²) in [6.07, 6.45) is 3.64. The Bertz CT molecular complexity index is 820. The van der Waals surface area contributed by atoms with Crippen molar-refractivity contribution in [3.63, 3.8) is 0 Å². The predicted molar refractivity (Wildman–Crippen MR) is 123 cm³/mol. The maximum Gasteiger partial charge on any atom is 0.250 e. The smallest absolute Gasteiger partial charge is 0.250 e. The van der Waals surface area contributed by atoms with Crippen molar-refractivity contribution in [3.8, 4) is 0 Å². The Labute approximate surface area is 184 Å². The van der Waals surface area contributed by atoms with Crippen LogP contribution in [0.5, 0.6) is 0 Å². The third-order valence-corrected chi connectivity index (χ3v) is 4.29. The number of hydrogen-bond acceptors (Lipinski definition) is 4. The zero-order chi connectivity index (χ0) is 19.9. The minimum atomic E-state index is -0.0513. The molecule has 0 unspecified atom stereocenters. The predicted octanol–water partition coefficient (Wildman–Crippen LogP) is 3.21. The van der Waals surface area contributed by atoms with Gasteiger partial charge in [0, 0.05) is 37.3 Å². The van der Waals surface area contributed by atoms with E-state index in [1.54, 1.807) is 25.4 Å². The fraction of sp³-hybridized carbons (Fsp3) is 0.550. The number of hydrogen-bond donors (Lipinski definition) is 2. The Balaban J connectivity index is 0.00000392. The third kappa shape index (κ3) is 7.29. The van der Waals surface area contributed by atoms with Gasteiger partial charge in [-0.2, -0.15) is 0 Å². The van der Waals surface area contributed by atoms with Crippen molar-refractivity contribution in [2.75, 3.05) is 13.6 Å². The molecule has 0 spiro atoms. The van der Waals surface area contributed by atoms with E-state index in [1.807, 2.05) is 17.6 Å². The van der Waals surface area contributed by atoms with Gasteiger partial charge in [0.1, 0.15) is 5.76 Å². The van der Waals surface area contributed by atoms with Crippen LogP contribution in [-0.4, -0.2) is 29.1 Å². The summed E-state index contributed by atoms with van der Waals surface area (Å²) in [4.78, 5) is 20.4. The first kappa shape index (κ1) is 24.2. The highest BCUT2D eigenvalue weighted by Gasteiger charge is 2.19. The molecule has 28 heavy (non-hydrogen) atoms. The first-order chi connectivity index (χ1) is 12.8. The van der Waals surface area contributed by atoms with Crippen LogP contribution in [0.3, 0.4) is 0 Å². The molecule has 0 bridgehead atoms. The summed E-state index contributed by atoms with van der Waals surface area (Å²) >= 11 is 0. The van der Waals surface area contributed by atoms with Crippen molar-refractivity contribution >= 4 is 29.9 Å². The lowest BCUT2D eigenvalue weighted by Gasteiger charge is -2.13. The van der Waals surface area contributed by atoms with Crippen LogP contribution in [0.25, 0.3) is 0 Å². The van der Waals surface area contributed by atoms with Crippen LogP contribution >= 0.6 is 24.0 Å². The van der Waals surface area contributed by atoms with Crippen molar-refractivity contribution in [1.82, 2.24) is 20.2 Å². The zero-order valence-corrected chi connectivity index (χ0v) is 19.7. The number of oxazole rings is 1. The average molecular weight is 501 g/mol. The molecule has 156 valence electrons. The lowest BCUT2D eigenvalue weighted by atomic mass is 9.94. The fourth-order valence-electron chi connectivity index (χ4n) is 2.63. The number of rotatable bonds is 7. The van der Waals surface area contributed by atoms with E-state index >= 15 is 0 Å². The first-order valence-corrected chi connectivity index (χ1v) is 9.37. The largest absolute Gasteiger partial charge is 0.443 e. The number of halogens is 1. The van der Waals surface area contributed by atoms with E-state index in [2.05, 4.69) is 41.4 Å². The number of aromatic nitrogens is 2. The van der Waals surface area contributed by atoms with Gasteiger partial charge in [0.15, 0.2) is 5.96 Å². The minimum Gasteiger partial charge on any atom is -0.443 e. The highest BCUT2D eigenvalue weighted by Crippen LogP contribution is 2.22. The standard InChI is InChI=1S/C20H31N5O2.HI/c1-15-9-8-10-18(26)25(15)12-7-6-11-22-19(21-5)24-14-17-23-13-16(27-17)20(2,3)4;/h8-10,13H,6-7,11-12,14H2,1-5H3,(H2,21,22,24);1H. The molecule has 2 aromatic rings. The molecule has 0 aliphatic rings. The molecule has 0 saturated heterocycles. The molecule has 0 fully saturated rings. The van der Waals surface area contributed by atoms with Gasteiger partial charge in [0.05, 0.1) is 12.7 Å². The van der Waals surface area contributed by atoms with Crippen molar-refractivity contribution in [1.29, 1.82) is 0 Å². The van der Waals surface area contributed by atoms with Gasteiger partial charge in [-0.05, 0) is 25.8 Å². The molecular weight excluding hydrogens is 469 g/mol. The summed E-state index contributed by atoms with van der Waals surface area (Å²) in [7, 11) is 1.73. The molecule has 8 heteroatoms. The van der Waals surface area contributed by atoms with Crippen LogP contribution in [0.15, 0.2) is 38.6 Å². The van der Waals surface area contributed by atoms with Crippen molar-refractivity contribution in [2.45, 2.75) is 59.0 Å². The second kappa shape index (κ2) is 11.2. The van der Waals surface area contributed by atoms with Crippen molar-refractivity contribution < 1.29 is 4.42 Å². The summed E-state index contributed by atoms with van der Waals surface area (Å²) < 4.78 is 7.58. The normalized spacial score (nSPS) is 11.8. The number of nitrogens with zero attached hydrogens (tertiary/aromatic N) is 3. The molecular formula is C20H32IN5O2.